The van der Waals surface area contributed by atoms with E-state index in [9.17, 15) is 26.4 Å². The molecule has 1 N–H and O–H groups in total. The van der Waals surface area contributed by atoms with Crippen molar-refractivity contribution < 1.29 is 31.5 Å². The van der Waals surface area contributed by atoms with Gasteiger partial charge in [0.15, 0.2) is 0 Å². The highest BCUT2D eigenvalue weighted by Gasteiger charge is 2.38. The van der Waals surface area contributed by atoms with E-state index in [0.717, 1.165) is 24.3 Å². The number of alkyl halides is 3. The van der Waals surface area contributed by atoms with Gasteiger partial charge in [-0.1, -0.05) is 23.7 Å². The molecule has 0 heterocycles. The van der Waals surface area contributed by atoms with Crippen LogP contribution in [0.4, 0.5) is 18.9 Å². The number of rotatable bonds is 5. The van der Waals surface area contributed by atoms with E-state index in [-0.39, 0.29) is 14.2 Å². The molecule has 10 heteroatoms. The van der Waals surface area contributed by atoms with E-state index in [0.29, 0.717) is 6.07 Å². The summed E-state index contributed by atoms with van der Waals surface area (Å²) in [4.78, 5) is 10.7. The lowest BCUT2D eigenvalue weighted by Gasteiger charge is -2.25. The SMILES string of the molecule is O=C(O)CN(c1ccccc1C(F)(F)F)S(=O)(=O)c1ccc(Cl)cc1. The number of sulfonamides is 1. The molecule has 0 amide bonds. The number of halogens is 4. The number of carboxylic acids is 1. The van der Waals surface area contributed by atoms with Crippen LogP contribution in [-0.2, 0) is 21.0 Å². The number of nitrogens with zero attached hydrogens (tertiary/aromatic N) is 1. The van der Waals surface area contributed by atoms with Gasteiger partial charge in [-0.05, 0) is 36.4 Å². The molecule has 0 aliphatic rings. The van der Waals surface area contributed by atoms with Crippen LogP contribution in [0.25, 0.3) is 0 Å². The fourth-order valence-electron chi connectivity index (χ4n) is 2.09. The Bertz CT molecular complexity index is 882. The van der Waals surface area contributed by atoms with Crippen LogP contribution in [0, 0.1) is 0 Å². The molecule has 0 bridgehead atoms. The third kappa shape index (κ3) is 4.23. The monoisotopic (exact) mass is 393 g/mol. The zero-order valence-electron chi connectivity index (χ0n) is 12.4. The molecule has 0 aliphatic heterocycles. The smallest absolute Gasteiger partial charge is 0.418 e. The maximum Gasteiger partial charge on any atom is 0.418 e. The molecule has 0 aromatic heterocycles. The Kier molecular flexibility index (Phi) is 5.28. The molecule has 0 atom stereocenters. The standard InChI is InChI=1S/C15H11ClF3NO4S/c16-10-5-7-11(8-6-10)25(23,24)20(9-14(21)22)13-4-2-1-3-12(13)15(17,18)19/h1-8H,9H2,(H,21,22). The van der Waals surface area contributed by atoms with Gasteiger partial charge in [-0.15, -0.1) is 0 Å². The zero-order valence-corrected chi connectivity index (χ0v) is 13.9. The molecule has 0 saturated heterocycles. The van der Waals surface area contributed by atoms with Crippen LogP contribution >= 0.6 is 11.6 Å². The summed E-state index contributed by atoms with van der Waals surface area (Å²) in [6, 6.07) is 8.51. The highest BCUT2D eigenvalue weighted by atomic mass is 35.5. The molecule has 0 radical (unpaired) electrons. The number of hydrogen-bond donors (Lipinski definition) is 1. The Morgan fingerprint density at radius 1 is 1.08 bits per heavy atom. The Morgan fingerprint density at radius 2 is 1.64 bits per heavy atom. The topological polar surface area (TPSA) is 74.7 Å². The second-order valence-electron chi connectivity index (χ2n) is 4.87. The summed E-state index contributed by atoms with van der Waals surface area (Å²) in [6.45, 7) is -1.17. The highest BCUT2D eigenvalue weighted by Crippen LogP contribution is 2.38. The Morgan fingerprint density at radius 3 is 2.16 bits per heavy atom. The molecule has 134 valence electrons. The minimum atomic E-state index is -4.86. The lowest BCUT2D eigenvalue weighted by atomic mass is 10.1. The first-order valence-electron chi connectivity index (χ1n) is 6.70. The summed E-state index contributed by atoms with van der Waals surface area (Å²) in [5, 5.41) is 9.21. The second-order valence-corrected chi connectivity index (χ2v) is 7.17. The van der Waals surface area contributed by atoms with Crippen LogP contribution in [-0.4, -0.2) is 26.0 Å². The van der Waals surface area contributed by atoms with Crippen molar-refractivity contribution in [3.63, 3.8) is 0 Å². The zero-order chi connectivity index (χ0) is 18.8. The summed E-state index contributed by atoms with van der Waals surface area (Å²) in [5.41, 5.74) is -2.03. The van der Waals surface area contributed by atoms with Crippen molar-refractivity contribution >= 4 is 33.3 Å². The fraction of sp³-hybridized carbons (Fsp3) is 0.133. The molecule has 0 fully saturated rings. The van der Waals surface area contributed by atoms with Crippen molar-refractivity contribution in [2.75, 3.05) is 10.8 Å². The normalized spacial score (nSPS) is 12.0. The van der Waals surface area contributed by atoms with E-state index >= 15 is 0 Å². The van der Waals surface area contributed by atoms with Crippen molar-refractivity contribution in [3.05, 3.63) is 59.1 Å². The van der Waals surface area contributed by atoms with Gasteiger partial charge in [0.05, 0.1) is 16.1 Å². The lowest BCUT2D eigenvalue weighted by Crippen LogP contribution is -2.37. The minimum Gasteiger partial charge on any atom is -0.480 e. The minimum absolute atomic E-state index is 0.210. The average molecular weight is 394 g/mol. The van der Waals surface area contributed by atoms with Crippen molar-refractivity contribution in [2.45, 2.75) is 11.1 Å². The molecule has 0 spiro atoms. The van der Waals surface area contributed by atoms with Crippen LogP contribution in [0.15, 0.2) is 53.4 Å². The quantitative estimate of drug-likeness (QED) is 0.841. The Hall–Kier alpha value is -2.26. The summed E-state index contributed by atoms with van der Waals surface area (Å²) in [6.07, 6.45) is -4.86. The van der Waals surface area contributed by atoms with Gasteiger partial charge in [-0.2, -0.15) is 13.2 Å². The number of carbonyl (C=O) groups is 1. The van der Waals surface area contributed by atoms with Crippen LogP contribution in [0.1, 0.15) is 5.56 Å². The molecule has 0 unspecified atom stereocenters. The summed E-state index contributed by atoms with van der Waals surface area (Å²) >= 11 is 5.68. The van der Waals surface area contributed by atoms with Crippen LogP contribution in [0.3, 0.4) is 0 Å². The third-order valence-corrected chi connectivity index (χ3v) is 5.18. The van der Waals surface area contributed by atoms with Gasteiger partial charge < -0.3 is 5.11 Å². The first-order valence-corrected chi connectivity index (χ1v) is 8.51. The fourth-order valence-corrected chi connectivity index (χ4v) is 3.65. The van der Waals surface area contributed by atoms with Gasteiger partial charge in [-0.3, -0.25) is 9.10 Å². The van der Waals surface area contributed by atoms with E-state index in [2.05, 4.69) is 0 Å². The van der Waals surface area contributed by atoms with E-state index in [1.54, 1.807) is 0 Å². The van der Waals surface area contributed by atoms with Gasteiger partial charge in [0, 0.05) is 5.02 Å². The number of para-hydroxylation sites is 1. The third-order valence-electron chi connectivity index (χ3n) is 3.16. The van der Waals surface area contributed by atoms with Crippen molar-refractivity contribution in [1.29, 1.82) is 0 Å². The summed E-state index contributed by atoms with van der Waals surface area (Å²) < 4.78 is 65.2. The predicted molar refractivity (Wildman–Crippen MR) is 85.1 cm³/mol. The number of benzene rings is 2. The largest absolute Gasteiger partial charge is 0.480 e. The maximum atomic E-state index is 13.2. The average Bonchev–Trinajstić information content (AvgIpc) is 2.52. The molecule has 0 aliphatic carbocycles. The molecule has 0 saturated carbocycles. The number of anilines is 1. The number of hydrogen-bond acceptors (Lipinski definition) is 3. The van der Waals surface area contributed by atoms with Gasteiger partial charge in [0.1, 0.15) is 6.54 Å². The van der Waals surface area contributed by atoms with Crippen molar-refractivity contribution in [1.82, 2.24) is 0 Å². The van der Waals surface area contributed by atoms with Crippen LogP contribution in [0.5, 0.6) is 0 Å². The van der Waals surface area contributed by atoms with Gasteiger partial charge in [0.25, 0.3) is 10.0 Å². The van der Waals surface area contributed by atoms with E-state index in [4.69, 9.17) is 16.7 Å². The molecule has 2 rings (SSSR count). The molecular formula is C15H11ClF3NO4S. The van der Waals surface area contributed by atoms with Gasteiger partial charge in [-0.25, -0.2) is 8.42 Å². The first kappa shape index (κ1) is 19.1. The summed E-state index contributed by atoms with van der Waals surface area (Å²) in [7, 11) is -4.55. The lowest BCUT2D eigenvalue weighted by molar-refractivity contribution is -0.138. The van der Waals surface area contributed by atoms with Crippen LogP contribution in [0.2, 0.25) is 5.02 Å². The number of carboxylic acid groups (broad SMARTS) is 1. The van der Waals surface area contributed by atoms with E-state index in [1.807, 2.05) is 0 Å². The van der Waals surface area contributed by atoms with E-state index < -0.39 is 40.0 Å². The molecule has 25 heavy (non-hydrogen) atoms. The predicted octanol–water partition coefficient (Wildman–Crippen LogP) is 3.64. The summed E-state index contributed by atoms with van der Waals surface area (Å²) in [5.74, 6) is -1.60. The van der Waals surface area contributed by atoms with Crippen LogP contribution < -0.4 is 4.31 Å². The van der Waals surface area contributed by atoms with E-state index in [1.165, 1.54) is 18.2 Å². The highest BCUT2D eigenvalue weighted by molar-refractivity contribution is 7.92. The molecular weight excluding hydrogens is 383 g/mol. The molecule has 5 nitrogen and oxygen atoms in total. The molecule has 2 aromatic carbocycles. The Labute approximate surface area is 146 Å². The van der Waals surface area contributed by atoms with Crippen molar-refractivity contribution in [2.24, 2.45) is 0 Å². The van der Waals surface area contributed by atoms with Crippen molar-refractivity contribution in [3.8, 4) is 0 Å². The van der Waals surface area contributed by atoms with Gasteiger partial charge >= 0.3 is 12.1 Å². The molecule has 2 aromatic rings. The number of aliphatic carboxylic acids is 1. The second kappa shape index (κ2) is 6.93. The first-order chi connectivity index (χ1) is 11.5. The Balaban J connectivity index is 2.66. The van der Waals surface area contributed by atoms with Gasteiger partial charge in [0.2, 0.25) is 0 Å². The maximum absolute atomic E-state index is 13.2.